The van der Waals surface area contributed by atoms with Crippen molar-refractivity contribution in [3.8, 4) is 0 Å². The maximum absolute atomic E-state index is 13.3. The van der Waals surface area contributed by atoms with Crippen molar-refractivity contribution >= 4 is 29.1 Å². The minimum Gasteiger partial charge on any atom is -0.459 e. The molecule has 0 aromatic rings. The molecule has 7 atom stereocenters. The number of ketones is 2. The summed E-state index contributed by atoms with van der Waals surface area (Å²) in [5, 5.41) is 10.7. The quantitative estimate of drug-likeness (QED) is 0.414. The van der Waals surface area contributed by atoms with E-state index in [1.165, 1.54) is 6.08 Å². The first kappa shape index (κ1) is 22.4. The van der Waals surface area contributed by atoms with Gasteiger partial charge in [-0.25, -0.2) is 4.79 Å². The van der Waals surface area contributed by atoms with Crippen LogP contribution in [0.3, 0.4) is 0 Å². The number of Topliss-reactive ketones (excluding diaryl/α,β-unsaturated/α-hetero) is 2. The Balaban J connectivity index is 2.02. The number of allylic oxidation sites excluding steroid dienone is 1. The standard InChI is InChI=1S/C22H31ClO6/c1-5-6-14-17-10-15(24)12(2)9-16(25)18-13(3)11-21(4,29-18)7-8-22(23,19(14)26)20(27)28-17/h9,13-14,16-18,25H,5-8,10-11H2,1-4H3/b12-9+/t13-,14+,16+,17+,18+,21-,22+/m0/s1. The van der Waals surface area contributed by atoms with Crippen LogP contribution < -0.4 is 0 Å². The van der Waals surface area contributed by atoms with Crippen molar-refractivity contribution in [3.05, 3.63) is 11.6 Å². The fourth-order valence-corrected chi connectivity index (χ4v) is 5.27. The zero-order valence-corrected chi connectivity index (χ0v) is 18.3. The van der Waals surface area contributed by atoms with Crippen LogP contribution in [0.4, 0.5) is 0 Å². The van der Waals surface area contributed by atoms with Crippen LogP contribution in [0.2, 0.25) is 0 Å². The van der Waals surface area contributed by atoms with Gasteiger partial charge in [-0.2, -0.15) is 0 Å². The Bertz CT molecular complexity index is 733. The van der Waals surface area contributed by atoms with Crippen LogP contribution in [-0.2, 0) is 23.9 Å². The van der Waals surface area contributed by atoms with Gasteiger partial charge in [0.25, 0.3) is 0 Å². The van der Waals surface area contributed by atoms with Gasteiger partial charge in [0.15, 0.2) is 16.4 Å². The van der Waals surface area contributed by atoms with Crippen LogP contribution in [-0.4, -0.2) is 51.4 Å². The van der Waals surface area contributed by atoms with E-state index < -0.39 is 40.7 Å². The van der Waals surface area contributed by atoms with Gasteiger partial charge in [-0.1, -0.05) is 31.9 Å². The first-order valence-electron chi connectivity index (χ1n) is 10.5. The molecule has 0 aliphatic carbocycles. The molecule has 0 aromatic heterocycles. The Morgan fingerprint density at radius 3 is 2.62 bits per heavy atom. The number of esters is 1. The summed E-state index contributed by atoms with van der Waals surface area (Å²) in [6.45, 7) is 7.46. The highest BCUT2D eigenvalue weighted by Gasteiger charge is 2.56. The molecule has 2 saturated heterocycles. The van der Waals surface area contributed by atoms with Crippen LogP contribution in [0.15, 0.2) is 11.6 Å². The van der Waals surface area contributed by atoms with E-state index in [-0.39, 0.29) is 30.3 Å². The number of rotatable bonds is 2. The minimum absolute atomic E-state index is 0.0531. The number of aliphatic hydroxyl groups excluding tert-OH is 1. The molecule has 7 heteroatoms. The SMILES string of the molecule is CCC[C@H]1C(=O)[C@]2(Cl)CC[C@@]3(C)C[C@H](C)[C@@H](O3)[C@H](O)/C=C(\C)C(=O)C[C@H]1OC2=O. The highest BCUT2D eigenvalue weighted by Crippen LogP contribution is 2.44. The van der Waals surface area contributed by atoms with Crippen LogP contribution >= 0.6 is 11.6 Å². The highest BCUT2D eigenvalue weighted by atomic mass is 35.5. The lowest BCUT2D eigenvalue weighted by molar-refractivity contribution is -0.170. The lowest BCUT2D eigenvalue weighted by Crippen LogP contribution is -2.56. The third-order valence-corrected chi connectivity index (χ3v) is 7.20. The third kappa shape index (κ3) is 4.17. The summed E-state index contributed by atoms with van der Waals surface area (Å²) >= 11 is 6.60. The normalized spacial score (nSPS) is 45.5. The number of hydrogen-bond donors (Lipinski definition) is 1. The van der Waals surface area contributed by atoms with Crippen LogP contribution in [0.5, 0.6) is 0 Å². The van der Waals surface area contributed by atoms with Crippen molar-refractivity contribution in [2.24, 2.45) is 11.8 Å². The predicted molar refractivity (Wildman–Crippen MR) is 108 cm³/mol. The summed E-state index contributed by atoms with van der Waals surface area (Å²) in [4.78, 5) is 37.0. The lowest BCUT2D eigenvalue weighted by Gasteiger charge is -2.39. The van der Waals surface area contributed by atoms with Crippen molar-refractivity contribution in [3.63, 3.8) is 0 Å². The molecule has 4 aliphatic heterocycles. The molecule has 0 unspecified atom stereocenters. The van der Waals surface area contributed by atoms with Crippen molar-refractivity contribution in [1.82, 2.24) is 0 Å². The van der Waals surface area contributed by atoms with E-state index in [1.54, 1.807) is 6.92 Å². The average Bonchev–Trinajstić information content (AvgIpc) is 2.96. The number of hydrogen-bond acceptors (Lipinski definition) is 6. The monoisotopic (exact) mass is 426 g/mol. The van der Waals surface area contributed by atoms with Gasteiger partial charge in [0.1, 0.15) is 6.10 Å². The molecule has 29 heavy (non-hydrogen) atoms. The molecule has 0 aromatic carbocycles. The molecule has 6 nitrogen and oxygen atoms in total. The molecule has 4 aliphatic rings. The Labute approximate surface area is 177 Å². The second kappa shape index (κ2) is 8.12. The van der Waals surface area contributed by atoms with E-state index in [2.05, 4.69) is 0 Å². The van der Waals surface area contributed by atoms with Gasteiger partial charge >= 0.3 is 5.97 Å². The van der Waals surface area contributed by atoms with Gasteiger partial charge in [0.2, 0.25) is 0 Å². The summed E-state index contributed by atoms with van der Waals surface area (Å²) in [5.74, 6) is -1.93. The van der Waals surface area contributed by atoms with Gasteiger partial charge in [-0.3, -0.25) is 9.59 Å². The van der Waals surface area contributed by atoms with Crippen LogP contribution in [0.25, 0.3) is 0 Å². The van der Waals surface area contributed by atoms with Crippen molar-refractivity contribution in [1.29, 1.82) is 0 Å². The maximum atomic E-state index is 13.3. The summed E-state index contributed by atoms with van der Waals surface area (Å²) in [5.41, 5.74) is -0.249. The largest absolute Gasteiger partial charge is 0.459 e. The van der Waals surface area contributed by atoms with Crippen LogP contribution in [0.1, 0.15) is 66.2 Å². The van der Waals surface area contributed by atoms with Gasteiger partial charge < -0.3 is 14.6 Å². The smallest absolute Gasteiger partial charge is 0.335 e. The molecular formula is C22H31ClO6. The first-order valence-corrected chi connectivity index (χ1v) is 10.9. The van der Waals surface area contributed by atoms with E-state index in [9.17, 15) is 19.5 Å². The van der Waals surface area contributed by atoms with E-state index in [1.807, 2.05) is 20.8 Å². The van der Waals surface area contributed by atoms with Gasteiger partial charge in [-0.05, 0) is 57.1 Å². The summed E-state index contributed by atoms with van der Waals surface area (Å²) in [7, 11) is 0. The number of aliphatic hydroxyl groups is 1. The molecule has 0 saturated carbocycles. The van der Waals surface area contributed by atoms with E-state index in [4.69, 9.17) is 21.1 Å². The van der Waals surface area contributed by atoms with Crippen molar-refractivity contribution in [2.75, 3.05) is 0 Å². The van der Waals surface area contributed by atoms with E-state index in [0.29, 0.717) is 31.3 Å². The number of carbonyl (C=O) groups excluding carboxylic acids is 3. The summed E-state index contributed by atoms with van der Waals surface area (Å²) < 4.78 is 11.7. The Hall–Kier alpha value is -1.24. The number of alkyl halides is 1. The highest BCUT2D eigenvalue weighted by molar-refractivity contribution is 6.46. The molecule has 4 bridgehead atoms. The molecule has 4 heterocycles. The molecule has 2 fully saturated rings. The molecule has 1 N–H and O–H groups in total. The van der Waals surface area contributed by atoms with E-state index >= 15 is 0 Å². The zero-order chi connectivity index (χ0) is 21.6. The fraction of sp³-hybridized carbons (Fsp3) is 0.773. The van der Waals surface area contributed by atoms with Gasteiger partial charge in [-0.15, -0.1) is 0 Å². The van der Waals surface area contributed by atoms with Crippen LogP contribution in [0, 0.1) is 11.8 Å². The minimum atomic E-state index is -1.75. The average molecular weight is 427 g/mol. The second-order valence-electron chi connectivity index (χ2n) is 9.19. The summed E-state index contributed by atoms with van der Waals surface area (Å²) in [6, 6.07) is 0. The molecule has 0 spiro atoms. The summed E-state index contributed by atoms with van der Waals surface area (Å²) in [6.07, 6.45) is 1.62. The molecular weight excluding hydrogens is 396 g/mol. The second-order valence-corrected chi connectivity index (χ2v) is 9.83. The number of ether oxygens (including phenoxy) is 2. The molecule has 0 radical (unpaired) electrons. The number of fused-ring (bicyclic) bond motifs is 6. The molecule has 162 valence electrons. The van der Waals surface area contributed by atoms with Gasteiger partial charge in [0, 0.05) is 6.42 Å². The zero-order valence-electron chi connectivity index (χ0n) is 17.6. The molecule has 4 rings (SSSR count). The lowest BCUT2D eigenvalue weighted by atomic mass is 9.77. The Morgan fingerprint density at radius 2 is 1.97 bits per heavy atom. The predicted octanol–water partition coefficient (Wildman–Crippen LogP) is 3.12. The first-order chi connectivity index (χ1) is 13.5. The topological polar surface area (TPSA) is 89.9 Å². The Kier molecular flexibility index (Phi) is 6.29. The number of carbonyl (C=O) groups is 3. The maximum Gasteiger partial charge on any atom is 0.335 e. The van der Waals surface area contributed by atoms with E-state index in [0.717, 1.165) is 0 Å². The fourth-order valence-electron chi connectivity index (χ4n) is 5.00. The Morgan fingerprint density at radius 1 is 1.28 bits per heavy atom. The van der Waals surface area contributed by atoms with Crippen molar-refractivity contribution < 1.29 is 29.0 Å². The number of halogens is 1. The molecule has 0 amide bonds. The van der Waals surface area contributed by atoms with Gasteiger partial charge in [0.05, 0.1) is 23.7 Å². The third-order valence-electron chi connectivity index (χ3n) is 6.68. The van der Waals surface area contributed by atoms with Crippen molar-refractivity contribution in [2.45, 2.75) is 95.0 Å².